The molecule has 0 radical (unpaired) electrons. The number of nitriles is 1. The summed E-state index contributed by atoms with van der Waals surface area (Å²) in [4.78, 5) is 26.3. The summed E-state index contributed by atoms with van der Waals surface area (Å²) in [5.74, 6) is -0.843. The Hall–Kier alpha value is -2.79. The standard InChI is InChI=1S/C14H12N4O3S/c1-14(2,7-15)11-4-3-8(6-17-11)10-5-9(12(16)19)13(22-10)18(20)21/h3-6H,1-2H3,(H2,16,19). The molecule has 0 bridgehead atoms. The fourth-order valence-corrected chi connectivity index (χ4v) is 2.77. The van der Waals surface area contributed by atoms with Gasteiger partial charge in [-0.05, 0) is 26.0 Å². The summed E-state index contributed by atoms with van der Waals surface area (Å²) in [5.41, 5.74) is 5.53. The molecule has 2 aromatic rings. The molecule has 8 heteroatoms. The van der Waals surface area contributed by atoms with E-state index in [9.17, 15) is 14.9 Å². The van der Waals surface area contributed by atoms with Crippen LogP contribution in [0, 0.1) is 21.4 Å². The van der Waals surface area contributed by atoms with Crippen molar-refractivity contribution >= 4 is 22.2 Å². The van der Waals surface area contributed by atoms with E-state index in [0.29, 0.717) is 16.1 Å². The monoisotopic (exact) mass is 316 g/mol. The Kier molecular flexibility index (Phi) is 3.93. The lowest BCUT2D eigenvalue weighted by molar-refractivity contribution is -0.380. The lowest BCUT2D eigenvalue weighted by atomic mass is 9.90. The highest BCUT2D eigenvalue weighted by Crippen LogP contribution is 2.36. The van der Waals surface area contributed by atoms with Gasteiger partial charge in [0, 0.05) is 16.6 Å². The molecule has 0 spiro atoms. The zero-order valence-corrected chi connectivity index (χ0v) is 12.7. The predicted octanol–water partition coefficient (Wildman–Crippen LogP) is 2.62. The van der Waals surface area contributed by atoms with E-state index in [4.69, 9.17) is 11.0 Å². The smallest absolute Gasteiger partial charge is 0.337 e. The number of rotatable bonds is 4. The SMILES string of the molecule is CC(C)(C#N)c1ccc(-c2cc(C(N)=O)c([N+](=O)[O-])s2)cn1. The Labute approximate surface area is 130 Å². The first-order valence-electron chi connectivity index (χ1n) is 6.22. The number of primary amides is 1. The third-order valence-corrected chi connectivity index (χ3v) is 4.25. The molecule has 2 rings (SSSR count). The van der Waals surface area contributed by atoms with Crippen LogP contribution in [0.15, 0.2) is 24.4 Å². The van der Waals surface area contributed by atoms with E-state index in [-0.39, 0.29) is 10.6 Å². The minimum atomic E-state index is -0.843. The average Bonchev–Trinajstić information content (AvgIpc) is 2.93. The van der Waals surface area contributed by atoms with Crippen LogP contribution >= 0.6 is 11.3 Å². The number of hydrogen-bond donors (Lipinski definition) is 1. The van der Waals surface area contributed by atoms with Gasteiger partial charge in [-0.3, -0.25) is 19.9 Å². The van der Waals surface area contributed by atoms with Crippen LogP contribution in [0.4, 0.5) is 5.00 Å². The molecule has 2 aromatic heterocycles. The number of nitro groups is 1. The number of nitrogens with zero attached hydrogens (tertiary/aromatic N) is 3. The number of aromatic nitrogens is 1. The Morgan fingerprint density at radius 2 is 2.18 bits per heavy atom. The van der Waals surface area contributed by atoms with Crippen molar-refractivity contribution in [1.82, 2.24) is 4.98 Å². The molecule has 112 valence electrons. The summed E-state index contributed by atoms with van der Waals surface area (Å²) in [6.07, 6.45) is 1.52. The van der Waals surface area contributed by atoms with E-state index in [2.05, 4.69) is 11.1 Å². The normalized spacial score (nSPS) is 11.0. The number of carbonyl (C=O) groups is 1. The van der Waals surface area contributed by atoms with Crippen LogP contribution in [0.3, 0.4) is 0 Å². The second-order valence-corrected chi connectivity index (χ2v) is 6.15. The third kappa shape index (κ3) is 2.80. The second-order valence-electron chi connectivity index (χ2n) is 5.12. The van der Waals surface area contributed by atoms with Crippen molar-refractivity contribution < 1.29 is 9.72 Å². The largest absolute Gasteiger partial charge is 0.365 e. The van der Waals surface area contributed by atoms with Gasteiger partial charge in [-0.2, -0.15) is 5.26 Å². The first kappa shape index (κ1) is 15.6. The van der Waals surface area contributed by atoms with E-state index < -0.39 is 16.2 Å². The maximum Gasteiger partial charge on any atom is 0.337 e. The summed E-state index contributed by atoms with van der Waals surface area (Å²) in [5, 5.41) is 19.7. The molecule has 0 saturated carbocycles. The van der Waals surface area contributed by atoms with Gasteiger partial charge in [-0.15, -0.1) is 0 Å². The van der Waals surface area contributed by atoms with Crippen LogP contribution in [0.1, 0.15) is 29.9 Å². The van der Waals surface area contributed by atoms with Crippen molar-refractivity contribution in [3.05, 3.63) is 45.8 Å². The highest BCUT2D eigenvalue weighted by Gasteiger charge is 2.25. The summed E-state index contributed by atoms with van der Waals surface area (Å²) < 4.78 is 0. The van der Waals surface area contributed by atoms with Gasteiger partial charge in [0.25, 0.3) is 5.91 Å². The quantitative estimate of drug-likeness (QED) is 0.686. The van der Waals surface area contributed by atoms with Gasteiger partial charge < -0.3 is 5.73 Å². The van der Waals surface area contributed by atoms with E-state index >= 15 is 0 Å². The number of carbonyl (C=O) groups excluding carboxylic acids is 1. The van der Waals surface area contributed by atoms with Gasteiger partial charge in [0.1, 0.15) is 5.56 Å². The van der Waals surface area contributed by atoms with E-state index in [1.807, 2.05) is 0 Å². The molecule has 22 heavy (non-hydrogen) atoms. The molecule has 0 unspecified atom stereocenters. The summed E-state index contributed by atoms with van der Waals surface area (Å²) in [6.45, 7) is 3.49. The van der Waals surface area contributed by atoms with Crippen LogP contribution in [0.2, 0.25) is 0 Å². The summed E-state index contributed by atoms with van der Waals surface area (Å²) >= 11 is 0.863. The molecule has 1 amide bonds. The van der Waals surface area contributed by atoms with Crippen molar-refractivity contribution in [3.8, 4) is 16.5 Å². The molecule has 0 aliphatic rings. The molecule has 0 aliphatic heterocycles. The molecule has 7 nitrogen and oxygen atoms in total. The van der Waals surface area contributed by atoms with Crippen molar-refractivity contribution in [2.45, 2.75) is 19.3 Å². The Bertz CT molecular complexity index is 756. The topological polar surface area (TPSA) is 123 Å². The molecule has 0 aromatic carbocycles. The van der Waals surface area contributed by atoms with E-state index in [1.54, 1.807) is 26.0 Å². The number of thiophene rings is 1. The van der Waals surface area contributed by atoms with Gasteiger partial charge in [0.15, 0.2) is 0 Å². The van der Waals surface area contributed by atoms with Crippen molar-refractivity contribution in [2.24, 2.45) is 5.73 Å². The van der Waals surface area contributed by atoms with Crippen LogP contribution in [0.5, 0.6) is 0 Å². The number of amides is 1. The molecular weight excluding hydrogens is 304 g/mol. The molecule has 2 N–H and O–H groups in total. The van der Waals surface area contributed by atoms with Crippen molar-refractivity contribution in [3.63, 3.8) is 0 Å². The van der Waals surface area contributed by atoms with E-state index in [0.717, 1.165) is 11.3 Å². The number of hydrogen-bond acceptors (Lipinski definition) is 6. The highest BCUT2D eigenvalue weighted by molar-refractivity contribution is 7.19. The van der Waals surface area contributed by atoms with Crippen LogP contribution < -0.4 is 5.73 Å². The van der Waals surface area contributed by atoms with Crippen molar-refractivity contribution in [2.75, 3.05) is 0 Å². The van der Waals surface area contributed by atoms with Crippen LogP contribution in [-0.4, -0.2) is 15.8 Å². The fourth-order valence-electron chi connectivity index (χ4n) is 1.80. The Balaban J connectivity index is 2.46. The summed E-state index contributed by atoms with van der Waals surface area (Å²) in [7, 11) is 0. The minimum Gasteiger partial charge on any atom is -0.365 e. The maximum atomic E-state index is 11.3. The molecule has 0 atom stereocenters. The molecule has 0 saturated heterocycles. The van der Waals surface area contributed by atoms with Gasteiger partial charge in [0.2, 0.25) is 0 Å². The Morgan fingerprint density at radius 1 is 1.50 bits per heavy atom. The number of nitrogens with two attached hydrogens (primary N) is 1. The molecule has 0 fully saturated rings. The third-order valence-electron chi connectivity index (χ3n) is 3.11. The Morgan fingerprint density at radius 3 is 2.59 bits per heavy atom. The number of pyridine rings is 1. The van der Waals surface area contributed by atoms with Gasteiger partial charge in [0.05, 0.1) is 22.1 Å². The lowest BCUT2D eigenvalue weighted by Crippen LogP contribution is -2.15. The van der Waals surface area contributed by atoms with E-state index in [1.165, 1.54) is 12.3 Å². The maximum absolute atomic E-state index is 11.3. The second kappa shape index (κ2) is 5.54. The summed E-state index contributed by atoms with van der Waals surface area (Å²) in [6, 6.07) is 6.93. The predicted molar refractivity (Wildman–Crippen MR) is 81.4 cm³/mol. The minimum absolute atomic E-state index is 0.119. The fraction of sp³-hybridized carbons (Fsp3) is 0.214. The zero-order chi connectivity index (χ0) is 16.5. The lowest BCUT2D eigenvalue weighted by Gasteiger charge is -2.14. The van der Waals surface area contributed by atoms with Gasteiger partial charge in [-0.25, -0.2) is 0 Å². The van der Waals surface area contributed by atoms with Crippen molar-refractivity contribution in [1.29, 1.82) is 5.26 Å². The van der Waals surface area contributed by atoms with Gasteiger partial charge >= 0.3 is 5.00 Å². The molecular formula is C14H12N4O3S. The highest BCUT2D eigenvalue weighted by atomic mass is 32.1. The van der Waals surface area contributed by atoms with Crippen LogP contribution in [0.25, 0.3) is 10.4 Å². The first-order valence-corrected chi connectivity index (χ1v) is 7.04. The average molecular weight is 316 g/mol. The first-order chi connectivity index (χ1) is 10.3. The molecule has 0 aliphatic carbocycles. The molecule has 2 heterocycles. The van der Waals surface area contributed by atoms with Gasteiger partial charge in [-0.1, -0.05) is 17.4 Å². The van der Waals surface area contributed by atoms with Crippen LogP contribution in [-0.2, 0) is 5.41 Å². The zero-order valence-electron chi connectivity index (χ0n) is 11.9.